The Morgan fingerprint density at radius 1 is 1.06 bits per heavy atom. The molecule has 3 rings (SSSR count). The fourth-order valence-corrected chi connectivity index (χ4v) is 8.06. The molecule has 2 heterocycles. The number of thioether (sulfide) groups is 1. The summed E-state index contributed by atoms with van der Waals surface area (Å²) in [5.41, 5.74) is -1.13. The second-order valence-corrected chi connectivity index (χ2v) is 20.3. The van der Waals surface area contributed by atoms with Crippen LogP contribution in [0.4, 0.5) is 4.79 Å². The van der Waals surface area contributed by atoms with E-state index in [1.54, 1.807) is 51.1 Å². The van der Waals surface area contributed by atoms with Crippen LogP contribution in [-0.2, 0) is 54.1 Å². The minimum absolute atomic E-state index is 0.0747. The number of methoxy groups -OCH3 is 2. The van der Waals surface area contributed by atoms with Crippen LogP contribution in [0.2, 0.25) is 5.02 Å². The first-order valence-corrected chi connectivity index (χ1v) is 25.9. The van der Waals surface area contributed by atoms with Crippen LogP contribution in [0.5, 0.6) is 5.75 Å². The second-order valence-electron chi connectivity index (χ2n) is 18.7. The maximum atomic E-state index is 13.6. The Kier molecular flexibility index (Phi) is 26.7. The first-order valence-electron chi connectivity index (χ1n) is 24.1. The molecule has 0 radical (unpaired) electrons. The minimum atomic E-state index is -1.88. The number of alkyl carbamates (subject to hydrolysis) is 1. The van der Waals surface area contributed by atoms with Gasteiger partial charge in [-0.25, -0.2) is 9.59 Å². The Morgan fingerprint density at radius 3 is 2.32 bits per heavy atom. The number of aldehydes is 1. The lowest BCUT2D eigenvalue weighted by Crippen LogP contribution is -2.63. The fourth-order valence-electron chi connectivity index (χ4n) is 7.86. The molecule has 9 unspecified atom stereocenters. The van der Waals surface area contributed by atoms with E-state index in [9.17, 15) is 38.7 Å². The van der Waals surface area contributed by atoms with Gasteiger partial charge in [0.15, 0.2) is 5.72 Å². The molecule has 2 aliphatic heterocycles. The topological polar surface area (TPSA) is 232 Å². The number of nitrogens with zero attached hydrogens (tertiary/aromatic N) is 2. The van der Waals surface area contributed by atoms with Gasteiger partial charge in [-0.05, 0) is 75.7 Å². The fraction of sp³-hybridized carbons (Fsp3) is 0.667. The van der Waals surface area contributed by atoms with E-state index in [4.69, 9.17) is 35.3 Å². The molecule has 2 fully saturated rings. The summed E-state index contributed by atoms with van der Waals surface area (Å²) in [6.45, 7) is 12.9. The molecule has 18 nitrogen and oxygen atoms in total. The number of likely N-dealkylation sites (N-methyl/N-ethyl adjacent to an activating group) is 1. The molecule has 0 aromatic heterocycles. The SMILES string of the molecule is CCSC.CNC(=O)CC(OC(=O)C(C)N(C)C(=O)CNC(=O)CCCCCN(C)C(=O)CC(C=O)C(C)C)C1(C)OC1C(C)C1CC(O)(C(/C=C/C=C(\C)Cc2ccc(Cl)c(OC)c2)OC)NC(=O)O1. The van der Waals surface area contributed by atoms with Crippen molar-refractivity contribution >= 4 is 65.3 Å². The molecule has 5 amide bonds. The summed E-state index contributed by atoms with van der Waals surface area (Å²) >= 11 is 8.02. The highest BCUT2D eigenvalue weighted by atomic mass is 35.5. The van der Waals surface area contributed by atoms with Gasteiger partial charge < -0.3 is 54.0 Å². The molecule has 1 aromatic rings. The third kappa shape index (κ3) is 19.7. The maximum Gasteiger partial charge on any atom is 0.409 e. The van der Waals surface area contributed by atoms with Crippen LogP contribution in [0.1, 0.15) is 99.0 Å². The number of aliphatic hydroxyl groups is 1. The van der Waals surface area contributed by atoms with E-state index in [1.807, 2.05) is 50.7 Å². The molecule has 1 aromatic carbocycles. The van der Waals surface area contributed by atoms with Crippen LogP contribution >= 0.6 is 23.4 Å². The highest BCUT2D eigenvalue weighted by molar-refractivity contribution is 7.98. The van der Waals surface area contributed by atoms with E-state index >= 15 is 0 Å². The van der Waals surface area contributed by atoms with Gasteiger partial charge >= 0.3 is 12.1 Å². The summed E-state index contributed by atoms with van der Waals surface area (Å²) in [4.78, 5) is 91.3. The number of cyclic esters (lactones) is 1. The van der Waals surface area contributed by atoms with Gasteiger partial charge in [-0.3, -0.25) is 24.5 Å². The van der Waals surface area contributed by atoms with Crippen molar-refractivity contribution in [3.8, 4) is 5.75 Å². The van der Waals surface area contributed by atoms with Gasteiger partial charge in [-0.1, -0.05) is 75.6 Å². The molecule has 71 heavy (non-hydrogen) atoms. The van der Waals surface area contributed by atoms with Crippen LogP contribution < -0.4 is 20.7 Å². The monoisotopic (exact) mass is 1040 g/mol. The van der Waals surface area contributed by atoms with Gasteiger partial charge in [0.25, 0.3) is 0 Å². The smallest absolute Gasteiger partial charge is 0.409 e. The third-order valence-electron chi connectivity index (χ3n) is 13.0. The van der Waals surface area contributed by atoms with E-state index < -0.39 is 71.6 Å². The molecule has 0 saturated carbocycles. The number of unbranched alkanes of at least 4 members (excludes halogenated alkanes) is 2. The highest BCUT2D eigenvalue weighted by Crippen LogP contribution is 2.49. The Balaban J connectivity index is 0.00000415. The van der Waals surface area contributed by atoms with Crippen LogP contribution in [-0.4, -0.2) is 159 Å². The van der Waals surface area contributed by atoms with Crippen molar-refractivity contribution in [1.82, 2.24) is 25.8 Å². The first kappa shape index (κ1) is 62.4. The highest BCUT2D eigenvalue weighted by Gasteiger charge is 2.64. The maximum absolute atomic E-state index is 13.6. The van der Waals surface area contributed by atoms with Crippen molar-refractivity contribution in [1.29, 1.82) is 0 Å². The number of carbonyl (C=O) groups is 7. The summed E-state index contributed by atoms with van der Waals surface area (Å²) < 4.78 is 28.7. The Bertz CT molecular complexity index is 2000. The first-order chi connectivity index (χ1) is 33.4. The van der Waals surface area contributed by atoms with Crippen molar-refractivity contribution in [2.75, 3.05) is 60.5 Å². The van der Waals surface area contributed by atoms with Gasteiger partial charge in [0.1, 0.15) is 42.0 Å². The van der Waals surface area contributed by atoms with E-state index in [1.165, 1.54) is 33.9 Å². The average molecular weight is 1040 g/mol. The van der Waals surface area contributed by atoms with Crippen molar-refractivity contribution in [3.63, 3.8) is 0 Å². The second kappa shape index (κ2) is 30.4. The Hall–Kier alpha value is -4.69. The van der Waals surface area contributed by atoms with Crippen molar-refractivity contribution in [2.45, 2.75) is 142 Å². The number of epoxide rings is 1. The summed E-state index contributed by atoms with van der Waals surface area (Å²) in [6.07, 6.45) is 5.98. The molecule has 400 valence electrons. The molecule has 0 spiro atoms. The normalized spacial score (nSPS) is 21.7. The molecule has 2 saturated heterocycles. The number of amides is 5. The molecular formula is C51H80ClN5O13S. The van der Waals surface area contributed by atoms with Crippen LogP contribution in [0.15, 0.2) is 42.0 Å². The Labute approximate surface area is 430 Å². The number of halogens is 1. The number of esters is 1. The third-order valence-corrected chi connectivity index (χ3v) is 13.9. The number of benzene rings is 1. The van der Waals surface area contributed by atoms with Gasteiger partial charge in [0.05, 0.1) is 31.2 Å². The van der Waals surface area contributed by atoms with Crippen molar-refractivity contribution < 1.29 is 62.4 Å². The van der Waals surface area contributed by atoms with Crippen LogP contribution in [0.25, 0.3) is 0 Å². The van der Waals surface area contributed by atoms with E-state index in [0.29, 0.717) is 43.0 Å². The van der Waals surface area contributed by atoms with E-state index in [2.05, 4.69) is 29.1 Å². The summed E-state index contributed by atoms with van der Waals surface area (Å²) in [7, 11) is 7.48. The van der Waals surface area contributed by atoms with E-state index in [-0.39, 0.29) is 55.9 Å². The zero-order valence-corrected chi connectivity index (χ0v) is 45.5. The lowest BCUT2D eigenvalue weighted by Gasteiger charge is -2.42. The molecule has 0 bridgehead atoms. The summed E-state index contributed by atoms with van der Waals surface area (Å²) in [5.74, 6) is -1.27. The molecule has 20 heteroatoms. The number of ether oxygens (including phenoxy) is 5. The van der Waals surface area contributed by atoms with Crippen LogP contribution in [0, 0.1) is 17.8 Å². The van der Waals surface area contributed by atoms with E-state index in [0.717, 1.165) is 22.3 Å². The zero-order chi connectivity index (χ0) is 53.6. The molecule has 4 N–H and O–H groups in total. The molecule has 2 aliphatic rings. The zero-order valence-electron chi connectivity index (χ0n) is 44.0. The van der Waals surface area contributed by atoms with Gasteiger partial charge in [-0.2, -0.15) is 11.8 Å². The summed E-state index contributed by atoms with van der Waals surface area (Å²) in [5, 5.41) is 19.9. The lowest BCUT2D eigenvalue weighted by atomic mass is 9.83. The number of hydrogen-bond acceptors (Lipinski definition) is 14. The molecule has 9 atom stereocenters. The standard InChI is InChI=1S/C48H72ClN5O13.C3H8S/c1-29(2)34(28-55)24-42(58)53(8)21-14-12-13-18-40(56)51-27-43(59)54(9)32(5)45(60)66-39(25-41(57)50-7)47(6)44(67-47)31(4)37-26-48(62,52-46(61)65-37)38(64-11)17-15-16-30(3)22-33-19-20-35(49)36(23-33)63-10;1-3-4-2/h15-17,19-20,23,28-29,31-32,34,37-39,44,62H,12-14,18,21-22,24-27H2,1-11H3,(H,50,57)(H,51,56)(H,52,61);3H2,1-2H3/b17-15+,30-16+;. The number of carbonyl (C=O) groups excluding carboxylic acids is 7. The van der Waals surface area contributed by atoms with Crippen molar-refractivity contribution in [2.24, 2.45) is 17.8 Å². The predicted octanol–water partition coefficient (Wildman–Crippen LogP) is 5.65. The van der Waals surface area contributed by atoms with Gasteiger partial charge in [0.2, 0.25) is 23.6 Å². The largest absolute Gasteiger partial charge is 0.495 e. The number of hydrogen-bond donors (Lipinski definition) is 4. The Morgan fingerprint density at radius 2 is 1.73 bits per heavy atom. The van der Waals surface area contributed by atoms with Crippen LogP contribution in [0.3, 0.4) is 0 Å². The number of nitrogens with one attached hydrogen (secondary N) is 3. The van der Waals surface area contributed by atoms with Gasteiger partial charge in [-0.15, -0.1) is 0 Å². The lowest BCUT2D eigenvalue weighted by molar-refractivity contribution is -0.162. The quantitative estimate of drug-likeness (QED) is 0.0261. The molecular weight excluding hydrogens is 958 g/mol. The number of allylic oxidation sites excluding steroid dienone is 3. The van der Waals surface area contributed by atoms with Crippen molar-refractivity contribution in [3.05, 3.63) is 52.6 Å². The number of rotatable bonds is 28. The average Bonchev–Trinajstić information content (AvgIpc) is 4.04. The van der Waals surface area contributed by atoms with Gasteiger partial charge in [0, 0.05) is 65.9 Å². The predicted molar refractivity (Wildman–Crippen MR) is 274 cm³/mol. The summed E-state index contributed by atoms with van der Waals surface area (Å²) in [6, 6.07) is 4.42. The minimum Gasteiger partial charge on any atom is -0.495 e. The molecule has 0 aliphatic carbocycles.